The molecule has 2 aromatic rings. The Labute approximate surface area is 223 Å². The Hall–Kier alpha value is -2.17. The Morgan fingerprint density at radius 2 is 1.78 bits per heavy atom. The van der Waals surface area contributed by atoms with E-state index in [2.05, 4.69) is 35.7 Å². The minimum Gasteiger partial charge on any atom is -0.465 e. The monoisotopic (exact) mass is 531 g/mol. The smallest absolute Gasteiger partial charge is 0.407 e. The Kier molecular flexibility index (Phi) is 7.53. The summed E-state index contributed by atoms with van der Waals surface area (Å²) < 4.78 is 7.64. The van der Waals surface area contributed by atoms with Crippen molar-refractivity contribution in [3.63, 3.8) is 0 Å². The van der Waals surface area contributed by atoms with Gasteiger partial charge in [0.25, 0.3) is 5.91 Å². The maximum Gasteiger partial charge on any atom is 0.407 e. The fourth-order valence-electron chi connectivity index (χ4n) is 6.31. The third-order valence-corrected chi connectivity index (χ3v) is 9.66. The van der Waals surface area contributed by atoms with Gasteiger partial charge in [-0.3, -0.25) is 14.4 Å². The number of rotatable bonds is 4. The van der Waals surface area contributed by atoms with E-state index in [1.807, 2.05) is 13.0 Å². The van der Waals surface area contributed by atoms with Crippen molar-refractivity contribution < 1.29 is 19.4 Å². The lowest BCUT2D eigenvalue weighted by molar-refractivity contribution is -0.00188. The molecule has 2 N–H and O–H groups in total. The number of carbonyl (C=O) groups is 2. The van der Waals surface area contributed by atoms with Crippen LogP contribution in [0.5, 0.6) is 0 Å². The number of hydrogen-bond acceptors (Lipinski definition) is 6. The summed E-state index contributed by atoms with van der Waals surface area (Å²) in [6.07, 6.45) is 5.06. The second kappa shape index (κ2) is 10.5. The van der Waals surface area contributed by atoms with E-state index in [1.165, 1.54) is 0 Å². The Morgan fingerprint density at radius 1 is 1.08 bits per heavy atom. The van der Waals surface area contributed by atoms with Crippen LogP contribution in [0.2, 0.25) is 0 Å². The van der Waals surface area contributed by atoms with Gasteiger partial charge in [-0.2, -0.15) is 5.10 Å². The van der Waals surface area contributed by atoms with Crippen LogP contribution in [-0.4, -0.2) is 87.7 Å². The summed E-state index contributed by atoms with van der Waals surface area (Å²) >= 11 is 1.55. The molecule has 5 rings (SSSR count). The van der Waals surface area contributed by atoms with Gasteiger partial charge in [0.15, 0.2) is 0 Å². The molecule has 2 saturated heterocycles. The van der Waals surface area contributed by atoms with Crippen molar-refractivity contribution in [3.05, 3.63) is 16.6 Å². The van der Waals surface area contributed by atoms with Crippen LogP contribution in [0, 0.1) is 12.3 Å². The summed E-state index contributed by atoms with van der Waals surface area (Å²) in [7, 11) is 0. The molecule has 10 heteroatoms. The highest BCUT2D eigenvalue weighted by molar-refractivity contribution is 7.20. The molecule has 2 aromatic heterocycles. The van der Waals surface area contributed by atoms with Gasteiger partial charge in [-0.1, -0.05) is 20.8 Å². The quantitative estimate of drug-likeness (QED) is 0.602. The molecule has 1 saturated carbocycles. The standard InChI is InChI=1S/C27H41N5O4S/c1-17-21-15-22(37-25(21)32(29-17)20-9-13-36-14-10-20)24(33)28-18-5-7-19(8-6-18)30-11-12-31(26(34)35)23(16-30)27(2,3)4/h15,18-20,23H,5-14,16H2,1-4H3,(H,28,33)(H,34,35)/t18-,19-,23?. The number of amides is 2. The van der Waals surface area contributed by atoms with Gasteiger partial charge < -0.3 is 20.1 Å². The zero-order valence-electron chi connectivity index (χ0n) is 22.5. The number of ether oxygens (including phenoxy) is 1. The van der Waals surface area contributed by atoms with Gasteiger partial charge in [0.2, 0.25) is 0 Å². The first-order chi connectivity index (χ1) is 17.6. The molecular weight excluding hydrogens is 490 g/mol. The first-order valence-corrected chi connectivity index (χ1v) is 14.5. The van der Waals surface area contributed by atoms with Crippen LogP contribution in [0.25, 0.3) is 10.2 Å². The van der Waals surface area contributed by atoms with Crippen molar-refractivity contribution in [2.75, 3.05) is 32.8 Å². The number of aryl methyl sites for hydroxylation is 1. The lowest BCUT2D eigenvalue weighted by atomic mass is 9.82. The van der Waals surface area contributed by atoms with Crippen LogP contribution in [0.15, 0.2) is 6.07 Å². The molecule has 1 atom stereocenters. The van der Waals surface area contributed by atoms with Gasteiger partial charge in [-0.25, -0.2) is 4.79 Å². The van der Waals surface area contributed by atoms with Crippen molar-refractivity contribution in [1.29, 1.82) is 0 Å². The molecule has 2 aliphatic heterocycles. The average Bonchev–Trinajstić information content (AvgIpc) is 3.45. The van der Waals surface area contributed by atoms with Crippen molar-refractivity contribution in [2.45, 2.75) is 90.4 Å². The number of piperazine rings is 1. The lowest BCUT2D eigenvalue weighted by Crippen LogP contribution is -2.61. The number of hydrogen-bond donors (Lipinski definition) is 2. The zero-order chi connectivity index (χ0) is 26.3. The maximum atomic E-state index is 13.2. The van der Waals surface area contributed by atoms with Crippen LogP contribution in [0.3, 0.4) is 0 Å². The van der Waals surface area contributed by atoms with E-state index in [1.54, 1.807) is 16.2 Å². The highest BCUT2D eigenvalue weighted by atomic mass is 32.1. The number of nitrogens with zero attached hydrogens (tertiary/aromatic N) is 4. The van der Waals surface area contributed by atoms with E-state index in [0.717, 1.165) is 85.6 Å². The number of nitrogens with one attached hydrogen (secondary N) is 1. The maximum absolute atomic E-state index is 13.2. The van der Waals surface area contributed by atoms with Crippen LogP contribution in [0.1, 0.15) is 80.7 Å². The predicted molar refractivity (Wildman–Crippen MR) is 144 cm³/mol. The third-order valence-electron chi connectivity index (χ3n) is 8.53. The van der Waals surface area contributed by atoms with Crippen LogP contribution < -0.4 is 5.32 Å². The van der Waals surface area contributed by atoms with E-state index in [4.69, 9.17) is 9.84 Å². The zero-order valence-corrected chi connectivity index (χ0v) is 23.4. The van der Waals surface area contributed by atoms with E-state index >= 15 is 0 Å². The molecule has 3 aliphatic rings. The Balaban J connectivity index is 1.18. The molecule has 0 bridgehead atoms. The number of fused-ring (bicyclic) bond motifs is 1. The Morgan fingerprint density at radius 3 is 2.43 bits per heavy atom. The van der Waals surface area contributed by atoms with E-state index in [9.17, 15) is 14.7 Å². The average molecular weight is 532 g/mol. The van der Waals surface area contributed by atoms with Crippen molar-refractivity contribution in [2.24, 2.45) is 5.41 Å². The van der Waals surface area contributed by atoms with Gasteiger partial charge in [0, 0.05) is 50.3 Å². The topological polar surface area (TPSA) is 99.9 Å². The molecule has 4 heterocycles. The largest absolute Gasteiger partial charge is 0.465 e. The molecular formula is C27H41N5O4S. The highest BCUT2D eigenvalue weighted by Crippen LogP contribution is 2.34. The van der Waals surface area contributed by atoms with Crippen molar-refractivity contribution in [3.8, 4) is 0 Å². The van der Waals surface area contributed by atoms with Gasteiger partial charge in [-0.15, -0.1) is 11.3 Å². The lowest BCUT2D eigenvalue weighted by Gasteiger charge is -2.49. The number of aromatic nitrogens is 2. The first kappa shape index (κ1) is 26.4. The summed E-state index contributed by atoms with van der Waals surface area (Å²) in [6.45, 7) is 12.0. The highest BCUT2D eigenvalue weighted by Gasteiger charge is 2.40. The fraction of sp³-hybridized carbons (Fsp3) is 0.741. The van der Waals surface area contributed by atoms with E-state index in [0.29, 0.717) is 18.6 Å². The molecule has 0 radical (unpaired) electrons. The summed E-state index contributed by atoms with van der Waals surface area (Å²) in [6, 6.07) is 2.97. The summed E-state index contributed by atoms with van der Waals surface area (Å²) in [5.41, 5.74) is 0.876. The van der Waals surface area contributed by atoms with Crippen molar-refractivity contribution in [1.82, 2.24) is 24.9 Å². The molecule has 1 aliphatic carbocycles. The molecule has 9 nitrogen and oxygen atoms in total. The first-order valence-electron chi connectivity index (χ1n) is 13.7. The minimum absolute atomic E-state index is 0.00958. The molecule has 37 heavy (non-hydrogen) atoms. The number of carbonyl (C=O) groups excluding carboxylic acids is 1. The molecule has 1 unspecified atom stereocenters. The number of carboxylic acid groups (broad SMARTS) is 1. The normalized spacial score (nSPS) is 26.5. The fourth-order valence-corrected chi connectivity index (χ4v) is 7.45. The molecule has 2 amide bonds. The number of thiophene rings is 1. The van der Waals surface area contributed by atoms with E-state index < -0.39 is 6.09 Å². The second-order valence-corrected chi connectivity index (χ2v) is 13.1. The van der Waals surface area contributed by atoms with Crippen molar-refractivity contribution >= 4 is 33.6 Å². The minimum atomic E-state index is -0.817. The van der Waals surface area contributed by atoms with Gasteiger partial charge in [-0.05, 0) is 56.9 Å². The van der Waals surface area contributed by atoms with Crippen LogP contribution >= 0.6 is 11.3 Å². The van der Waals surface area contributed by atoms with E-state index in [-0.39, 0.29) is 23.4 Å². The summed E-state index contributed by atoms with van der Waals surface area (Å²) in [5.74, 6) is 0.0189. The third kappa shape index (κ3) is 5.52. The van der Waals surface area contributed by atoms with Gasteiger partial charge in [0.1, 0.15) is 4.83 Å². The van der Waals surface area contributed by atoms with Crippen LogP contribution in [-0.2, 0) is 4.74 Å². The molecule has 0 spiro atoms. The summed E-state index contributed by atoms with van der Waals surface area (Å²) in [5, 5.41) is 18.8. The molecule has 204 valence electrons. The SMILES string of the molecule is Cc1nn(C2CCOCC2)c2sc(C(=O)N[C@H]3CC[C@H](N4CCN(C(=O)O)C(C(C)(C)C)C4)CC3)cc12. The van der Waals surface area contributed by atoms with Gasteiger partial charge in [0.05, 0.1) is 22.7 Å². The second-order valence-electron chi connectivity index (χ2n) is 12.0. The van der Waals surface area contributed by atoms with Crippen LogP contribution in [0.4, 0.5) is 4.79 Å². The summed E-state index contributed by atoms with van der Waals surface area (Å²) in [4.78, 5) is 30.9. The predicted octanol–water partition coefficient (Wildman–Crippen LogP) is 4.51. The molecule has 0 aromatic carbocycles. The molecule has 3 fully saturated rings. The van der Waals surface area contributed by atoms with Gasteiger partial charge >= 0.3 is 6.09 Å². The Bertz CT molecular complexity index is 1120.